The summed E-state index contributed by atoms with van der Waals surface area (Å²) < 4.78 is 5.14. The Balaban J connectivity index is 1.47. The molecule has 6 nitrogen and oxygen atoms in total. The molecule has 1 heterocycles. The zero-order valence-electron chi connectivity index (χ0n) is 16.1. The number of anilines is 1. The van der Waals surface area contributed by atoms with E-state index in [1.54, 1.807) is 7.11 Å². The van der Waals surface area contributed by atoms with Crippen molar-refractivity contribution in [1.29, 1.82) is 0 Å². The zero-order valence-corrected chi connectivity index (χ0v) is 16.1. The van der Waals surface area contributed by atoms with Crippen molar-refractivity contribution in [2.24, 2.45) is 0 Å². The molecule has 0 fully saturated rings. The summed E-state index contributed by atoms with van der Waals surface area (Å²) in [6, 6.07) is 15.9. The van der Waals surface area contributed by atoms with E-state index in [2.05, 4.69) is 39.7 Å². The van der Waals surface area contributed by atoms with E-state index >= 15 is 0 Å². The van der Waals surface area contributed by atoms with Gasteiger partial charge in [-0.2, -0.15) is 0 Å². The van der Waals surface area contributed by atoms with Gasteiger partial charge in [0, 0.05) is 25.5 Å². The minimum Gasteiger partial charge on any atom is -0.497 e. The number of methoxy groups -OCH3 is 1. The number of nitrogens with one attached hydrogen (secondary N) is 2. The van der Waals surface area contributed by atoms with E-state index in [1.807, 2.05) is 36.4 Å². The van der Waals surface area contributed by atoms with Crippen LogP contribution in [0.5, 0.6) is 5.75 Å². The maximum atomic E-state index is 12.2. The van der Waals surface area contributed by atoms with Gasteiger partial charge in [0.25, 0.3) is 5.91 Å². The lowest BCUT2D eigenvalue weighted by molar-refractivity contribution is 0.0953. The average Bonchev–Trinajstić information content (AvgIpc) is 2.74. The molecule has 0 aliphatic heterocycles. The highest BCUT2D eigenvalue weighted by molar-refractivity contribution is 5.93. The molecule has 0 aliphatic carbocycles. The highest BCUT2D eigenvalue weighted by Crippen LogP contribution is 2.12. The predicted molar refractivity (Wildman–Crippen MR) is 110 cm³/mol. The van der Waals surface area contributed by atoms with E-state index < -0.39 is 0 Å². The number of ether oxygens (including phenoxy) is 1. The number of hydrogen-bond acceptors (Lipinski definition) is 5. The molecule has 2 N–H and O–H groups in total. The minimum absolute atomic E-state index is 0.182. The summed E-state index contributed by atoms with van der Waals surface area (Å²) in [7, 11) is 1.64. The lowest BCUT2D eigenvalue weighted by atomic mass is 10.1. The van der Waals surface area contributed by atoms with Crippen LogP contribution in [-0.2, 0) is 13.0 Å². The number of carbonyl (C=O) groups is 1. The van der Waals surface area contributed by atoms with Crippen LogP contribution in [0.15, 0.2) is 60.9 Å². The second-order valence-corrected chi connectivity index (χ2v) is 6.43. The Morgan fingerprint density at radius 2 is 1.75 bits per heavy atom. The van der Waals surface area contributed by atoms with Crippen LogP contribution in [0.4, 0.5) is 5.95 Å². The van der Waals surface area contributed by atoms with Gasteiger partial charge in [-0.25, -0.2) is 9.97 Å². The molecule has 0 spiro atoms. The Hall–Kier alpha value is -3.41. The molecule has 1 aromatic heterocycles. The molecule has 3 rings (SSSR count). The maximum absolute atomic E-state index is 12.2. The SMILES string of the molecule is COc1ccc(CCNC(=O)c2cnc(NCc3ccccc3C)nc2)cc1. The molecule has 3 aromatic rings. The van der Waals surface area contributed by atoms with Gasteiger partial charge in [-0.3, -0.25) is 4.79 Å². The number of benzene rings is 2. The molecular weight excluding hydrogens is 352 g/mol. The van der Waals surface area contributed by atoms with E-state index in [0.29, 0.717) is 24.6 Å². The summed E-state index contributed by atoms with van der Waals surface area (Å²) in [6.45, 7) is 3.25. The van der Waals surface area contributed by atoms with E-state index in [0.717, 1.165) is 17.7 Å². The predicted octanol–water partition coefficient (Wildman–Crippen LogP) is 3.38. The van der Waals surface area contributed by atoms with Crippen molar-refractivity contribution in [1.82, 2.24) is 15.3 Å². The van der Waals surface area contributed by atoms with Gasteiger partial charge in [0.05, 0.1) is 12.7 Å². The Morgan fingerprint density at radius 1 is 1.04 bits per heavy atom. The van der Waals surface area contributed by atoms with Gasteiger partial charge in [-0.15, -0.1) is 0 Å². The van der Waals surface area contributed by atoms with Crippen molar-refractivity contribution >= 4 is 11.9 Å². The first-order chi connectivity index (χ1) is 13.7. The fraction of sp³-hybridized carbons (Fsp3) is 0.227. The number of nitrogens with zero attached hydrogens (tertiary/aromatic N) is 2. The Kier molecular flexibility index (Phi) is 6.57. The van der Waals surface area contributed by atoms with Gasteiger partial charge < -0.3 is 15.4 Å². The van der Waals surface area contributed by atoms with Crippen molar-refractivity contribution in [3.8, 4) is 5.75 Å². The average molecular weight is 376 g/mol. The van der Waals surface area contributed by atoms with Gasteiger partial charge in [0.15, 0.2) is 0 Å². The van der Waals surface area contributed by atoms with Gasteiger partial charge in [0.1, 0.15) is 5.75 Å². The van der Waals surface area contributed by atoms with Gasteiger partial charge in [-0.1, -0.05) is 36.4 Å². The van der Waals surface area contributed by atoms with E-state index in [4.69, 9.17) is 4.74 Å². The molecular formula is C22H24N4O2. The highest BCUT2D eigenvalue weighted by atomic mass is 16.5. The molecule has 28 heavy (non-hydrogen) atoms. The summed E-state index contributed by atoms with van der Waals surface area (Å²) in [4.78, 5) is 20.7. The van der Waals surface area contributed by atoms with E-state index in [-0.39, 0.29) is 5.91 Å². The third kappa shape index (κ3) is 5.30. The Labute approximate surface area is 165 Å². The van der Waals surface area contributed by atoms with Gasteiger partial charge in [-0.05, 0) is 42.2 Å². The van der Waals surface area contributed by atoms with Crippen molar-refractivity contribution in [3.05, 3.63) is 83.2 Å². The molecule has 0 atom stereocenters. The van der Waals surface area contributed by atoms with E-state index in [9.17, 15) is 4.79 Å². The molecule has 0 bridgehead atoms. The summed E-state index contributed by atoms with van der Waals surface area (Å²) >= 11 is 0. The van der Waals surface area contributed by atoms with E-state index in [1.165, 1.54) is 23.5 Å². The molecule has 2 aromatic carbocycles. The number of amides is 1. The first-order valence-electron chi connectivity index (χ1n) is 9.17. The van der Waals surface area contributed by atoms with Crippen molar-refractivity contribution < 1.29 is 9.53 Å². The molecule has 0 saturated heterocycles. The summed E-state index contributed by atoms with van der Waals surface area (Å²) in [5.74, 6) is 1.14. The third-order valence-corrected chi connectivity index (χ3v) is 4.47. The number of hydrogen-bond donors (Lipinski definition) is 2. The number of rotatable bonds is 8. The van der Waals surface area contributed by atoms with Crippen LogP contribution in [0.1, 0.15) is 27.0 Å². The topological polar surface area (TPSA) is 76.1 Å². The van der Waals surface area contributed by atoms with Crippen LogP contribution in [0.3, 0.4) is 0 Å². The third-order valence-electron chi connectivity index (χ3n) is 4.47. The lowest BCUT2D eigenvalue weighted by Gasteiger charge is -2.08. The van der Waals surface area contributed by atoms with Crippen LogP contribution in [0.2, 0.25) is 0 Å². The fourth-order valence-electron chi connectivity index (χ4n) is 2.73. The standard InChI is InChI=1S/C22H24N4O2/c1-16-5-3-4-6-18(16)13-24-22-25-14-19(15-26-22)21(27)23-12-11-17-7-9-20(28-2)10-8-17/h3-10,14-15H,11-13H2,1-2H3,(H,23,27)(H,24,25,26). The number of carbonyl (C=O) groups excluding carboxylic acids is 1. The van der Waals surface area contributed by atoms with Crippen LogP contribution in [0.25, 0.3) is 0 Å². The highest BCUT2D eigenvalue weighted by Gasteiger charge is 2.07. The largest absolute Gasteiger partial charge is 0.497 e. The van der Waals surface area contributed by atoms with Crippen LogP contribution >= 0.6 is 0 Å². The smallest absolute Gasteiger partial charge is 0.254 e. The monoisotopic (exact) mass is 376 g/mol. The van der Waals surface area contributed by atoms with Crippen LogP contribution < -0.4 is 15.4 Å². The second kappa shape index (κ2) is 9.50. The van der Waals surface area contributed by atoms with Crippen molar-refractivity contribution in [2.75, 3.05) is 19.0 Å². The number of aryl methyl sites for hydroxylation is 1. The number of aromatic nitrogens is 2. The fourth-order valence-corrected chi connectivity index (χ4v) is 2.73. The van der Waals surface area contributed by atoms with Gasteiger partial charge >= 0.3 is 0 Å². The normalized spacial score (nSPS) is 10.4. The maximum Gasteiger partial charge on any atom is 0.254 e. The van der Waals surface area contributed by atoms with Crippen molar-refractivity contribution in [3.63, 3.8) is 0 Å². The quantitative estimate of drug-likeness (QED) is 0.630. The minimum atomic E-state index is -0.182. The summed E-state index contributed by atoms with van der Waals surface area (Å²) in [5.41, 5.74) is 3.97. The lowest BCUT2D eigenvalue weighted by Crippen LogP contribution is -2.26. The molecule has 0 aliphatic rings. The molecule has 6 heteroatoms. The molecule has 1 amide bonds. The summed E-state index contributed by atoms with van der Waals surface area (Å²) in [6.07, 6.45) is 3.82. The first kappa shape index (κ1) is 19.4. The second-order valence-electron chi connectivity index (χ2n) is 6.43. The first-order valence-corrected chi connectivity index (χ1v) is 9.17. The zero-order chi connectivity index (χ0) is 19.8. The Morgan fingerprint density at radius 3 is 2.43 bits per heavy atom. The molecule has 0 unspecified atom stereocenters. The molecule has 144 valence electrons. The Bertz CT molecular complexity index is 909. The molecule has 0 saturated carbocycles. The summed E-state index contributed by atoms with van der Waals surface area (Å²) in [5, 5.41) is 6.07. The van der Waals surface area contributed by atoms with Crippen LogP contribution in [0, 0.1) is 6.92 Å². The molecule has 0 radical (unpaired) electrons. The van der Waals surface area contributed by atoms with Gasteiger partial charge in [0.2, 0.25) is 5.95 Å². The van der Waals surface area contributed by atoms with Crippen molar-refractivity contribution in [2.45, 2.75) is 19.9 Å². The van der Waals surface area contributed by atoms with Crippen LogP contribution in [-0.4, -0.2) is 29.5 Å².